The molecule has 3 N–H and O–H groups in total. The number of rotatable bonds is 4. The van der Waals surface area contributed by atoms with Crippen molar-refractivity contribution >= 4 is 22.6 Å². The van der Waals surface area contributed by atoms with Gasteiger partial charge < -0.3 is 14.6 Å². The van der Waals surface area contributed by atoms with Crippen LogP contribution < -0.4 is 20.9 Å². The van der Waals surface area contributed by atoms with Crippen LogP contribution in [0.5, 0.6) is 5.75 Å². The number of halogens is 3. The Morgan fingerprint density at radius 3 is 2.60 bits per heavy atom. The van der Waals surface area contributed by atoms with Gasteiger partial charge in [-0.1, -0.05) is 12.1 Å². The number of nitrogens with zero attached hydrogens (tertiary/aromatic N) is 2. The molecule has 0 radical (unpaired) electrons. The fraction of sp³-hybridized carbons (Fsp3) is 0.300. The van der Waals surface area contributed by atoms with Crippen LogP contribution in [0.1, 0.15) is 23.9 Å². The lowest BCUT2D eigenvalue weighted by Crippen LogP contribution is -2.39. The minimum Gasteiger partial charge on any atom is -0.497 e. The Hall–Kier alpha value is -3.11. The summed E-state index contributed by atoms with van der Waals surface area (Å²) in [6.45, 7) is 0. The number of aromatic nitrogens is 2. The summed E-state index contributed by atoms with van der Waals surface area (Å²) in [6.07, 6.45) is -4.03. The highest BCUT2D eigenvalue weighted by atomic mass is 19.4. The molecule has 0 bridgehead atoms. The van der Waals surface area contributed by atoms with Crippen molar-refractivity contribution in [3.63, 3.8) is 0 Å². The second kappa shape index (κ2) is 7.62. The van der Waals surface area contributed by atoms with E-state index in [4.69, 9.17) is 4.74 Å². The Kier molecular flexibility index (Phi) is 5.12. The fourth-order valence-electron chi connectivity index (χ4n) is 3.54. The van der Waals surface area contributed by atoms with Crippen LogP contribution in [0.15, 0.2) is 42.5 Å². The summed E-state index contributed by atoms with van der Waals surface area (Å²) in [6, 6.07) is 11.5. The van der Waals surface area contributed by atoms with Gasteiger partial charge in [-0.3, -0.25) is 4.79 Å². The number of anilines is 1. The second-order valence-electron chi connectivity index (χ2n) is 7.09. The molecule has 2 unspecified atom stereocenters. The van der Waals surface area contributed by atoms with Crippen molar-refractivity contribution in [2.45, 2.75) is 24.7 Å². The molecule has 158 valence electrons. The second-order valence-corrected chi connectivity index (χ2v) is 7.09. The van der Waals surface area contributed by atoms with Gasteiger partial charge in [-0.05, 0) is 42.3 Å². The average Bonchev–Trinajstić information content (AvgIpc) is 3.33. The fourth-order valence-corrected chi connectivity index (χ4v) is 3.54. The van der Waals surface area contributed by atoms with Gasteiger partial charge >= 0.3 is 6.18 Å². The van der Waals surface area contributed by atoms with Gasteiger partial charge in [0, 0.05) is 18.8 Å². The summed E-state index contributed by atoms with van der Waals surface area (Å²) in [5.74, 6) is -0.521. The minimum atomic E-state index is -4.55. The largest absolute Gasteiger partial charge is 0.497 e. The molecular formula is C20H20F3N5O2. The molecule has 2 aromatic carbocycles. The normalized spacial score (nSPS) is 19.2. The molecule has 0 aliphatic carbocycles. The van der Waals surface area contributed by atoms with Gasteiger partial charge in [0.2, 0.25) is 11.7 Å². The van der Waals surface area contributed by atoms with Crippen molar-refractivity contribution < 1.29 is 22.7 Å². The molecule has 2 atom stereocenters. The molecule has 2 heterocycles. The number of imidazole rings is 1. The maximum atomic E-state index is 13.0. The van der Waals surface area contributed by atoms with Crippen molar-refractivity contribution in [2.75, 3.05) is 12.4 Å². The zero-order chi connectivity index (χ0) is 21.5. The first kappa shape index (κ1) is 20.2. The molecule has 0 saturated carbocycles. The number of carbonyl (C=O) groups excluding carboxylic acids is 1. The SMILES string of the molecule is COc1ccc(C2CC(C(=O)Nc3ccc4c(c3)nc(C(F)(F)F)n4C)NN2)cc1. The zero-order valence-corrected chi connectivity index (χ0v) is 16.2. The van der Waals surface area contributed by atoms with Crippen LogP contribution in [-0.4, -0.2) is 28.6 Å². The topological polar surface area (TPSA) is 80.2 Å². The predicted molar refractivity (Wildman–Crippen MR) is 105 cm³/mol. The Balaban J connectivity index is 1.45. The number of hydrogen-bond donors (Lipinski definition) is 3. The molecule has 10 heteroatoms. The van der Waals surface area contributed by atoms with Crippen LogP contribution in [0.2, 0.25) is 0 Å². The molecule has 0 spiro atoms. The maximum Gasteiger partial charge on any atom is 0.449 e. The van der Waals surface area contributed by atoms with Crippen LogP contribution in [0, 0.1) is 0 Å². The van der Waals surface area contributed by atoms with Crippen molar-refractivity contribution in [1.82, 2.24) is 20.4 Å². The lowest BCUT2D eigenvalue weighted by atomic mass is 10.0. The number of nitrogens with one attached hydrogen (secondary N) is 3. The molecule has 1 fully saturated rings. The quantitative estimate of drug-likeness (QED) is 0.606. The van der Waals surface area contributed by atoms with E-state index in [9.17, 15) is 18.0 Å². The van der Waals surface area contributed by atoms with Gasteiger partial charge in [0.15, 0.2) is 0 Å². The standard InChI is InChI=1S/C20H20F3N5O2/c1-28-17-8-5-12(9-15(17)25-19(28)20(21,22)23)24-18(29)16-10-14(26-27-16)11-3-6-13(30-2)7-4-11/h3-9,14,16,26-27H,10H2,1-2H3,(H,24,29). The molecule has 1 aliphatic rings. The van der Waals surface area contributed by atoms with Gasteiger partial charge in [-0.2, -0.15) is 13.2 Å². The molecule has 1 aromatic heterocycles. The number of aryl methyl sites for hydroxylation is 1. The number of methoxy groups -OCH3 is 1. The van der Waals surface area contributed by atoms with E-state index in [1.807, 2.05) is 24.3 Å². The maximum absolute atomic E-state index is 13.0. The Labute approximate surface area is 170 Å². The third-order valence-corrected chi connectivity index (χ3v) is 5.14. The lowest BCUT2D eigenvalue weighted by Gasteiger charge is -2.11. The molecule has 7 nitrogen and oxygen atoms in total. The first-order valence-corrected chi connectivity index (χ1v) is 9.26. The van der Waals surface area contributed by atoms with Crippen molar-refractivity contribution in [3.8, 4) is 5.75 Å². The summed E-state index contributed by atoms with van der Waals surface area (Å²) in [5.41, 5.74) is 7.94. The highest BCUT2D eigenvalue weighted by molar-refractivity contribution is 5.96. The Bertz CT molecular complexity index is 1080. The Morgan fingerprint density at radius 1 is 1.20 bits per heavy atom. The molecule has 4 rings (SSSR count). The first-order valence-electron chi connectivity index (χ1n) is 9.26. The number of carbonyl (C=O) groups is 1. The summed E-state index contributed by atoms with van der Waals surface area (Å²) >= 11 is 0. The molecule has 3 aromatic rings. The summed E-state index contributed by atoms with van der Waals surface area (Å²) in [4.78, 5) is 16.3. The van der Waals surface area contributed by atoms with E-state index in [1.165, 1.54) is 19.2 Å². The van der Waals surface area contributed by atoms with Gasteiger partial charge in [-0.15, -0.1) is 0 Å². The molecule has 1 aliphatic heterocycles. The average molecular weight is 419 g/mol. The molecule has 1 amide bonds. The van der Waals surface area contributed by atoms with Gasteiger partial charge in [0.1, 0.15) is 11.8 Å². The van der Waals surface area contributed by atoms with E-state index >= 15 is 0 Å². The number of amides is 1. The van der Waals surface area contributed by atoms with E-state index in [1.54, 1.807) is 13.2 Å². The zero-order valence-electron chi connectivity index (χ0n) is 16.2. The smallest absolute Gasteiger partial charge is 0.449 e. The van der Waals surface area contributed by atoms with E-state index in [2.05, 4.69) is 21.2 Å². The third kappa shape index (κ3) is 3.83. The first-order chi connectivity index (χ1) is 14.3. The molecule has 30 heavy (non-hydrogen) atoms. The van der Waals surface area contributed by atoms with Gasteiger partial charge in [0.05, 0.1) is 18.1 Å². The third-order valence-electron chi connectivity index (χ3n) is 5.14. The predicted octanol–water partition coefficient (Wildman–Crippen LogP) is 3.15. The van der Waals surface area contributed by atoms with Crippen molar-refractivity contribution in [1.29, 1.82) is 0 Å². The van der Waals surface area contributed by atoms with Gasteiger partial charge in [-0.25, -0.2) is 15.8 Å². The summed E-state index contributed by atoms with van der Waals surface area (Å²) in [7, 11) is 2.90. The monoisotopic (exact) mass is 419 g/mol. The van der Waals surface area contributed by atoms with Crippen LogP contribution in [0.25, 0.3) is 11.0 Å². The molecular weight excluding hydrogens is 399 g/mol. The van der Waals surface area contributed by atoms with Crippen LogP contribution in [-0.2, 0) is 18.0 Å². The van der Waals surface area contributed by atoms with Crippen molar-refractivity contribution in [3.05, 3.63) is 53.9 Å². The lowest BCUT2D eigenvalue weighted by molar-refractivity contribution is -0.146. The number of fused-ring (bicyclic) bond motifs is 1. The van der Waals surface area contributed by atoms with Crippen molar-refractivity contribution in [2.24, 2.45) is 7.05 Å². The van der Waals surface area contributed by atoms with E-state index < -0.39 is 18.0 Å². The van der Waals surface area contributed by atoms with Crippen LogP contribution in [0.4, 0.5) is 18.9 Å². The van der Waals surface area contributed by atoms with Crippen LogP contribution in [0.3, 0.4) is 0 Å². The Morgan fingerprint density at radius 2 is 1.93 bits per heavy atom. The number of hydrazine groups is 1. The molecule has 1 saturated heterocycles. The van der Waals surface area contributed by atoms with E-state index in [0.717, 1.165) is 15.9 Å². The van der Waals surface area contributed by atoms with Crippen LogP contribution >= 0.6 is 0 Å². The summed E-state index contributed by atoms with van der Waals surface area (Å²) < 4.78 is 45.3. The number of alkyl halides is 3. The highest BCUT2D eigenvalue weighted by Crippen LogP contribution is 2.31. The number of hydrogen-bond acceptors (Lipinski definition) is 5. The number of ether oxygens (including phenoxy) is 1. The van der Waals surface area contributed by atoms with Gasteiger partial charge in [0.25, 0.3) is 0 Å². The minimum absolute atomic E-state index is 0.0562. The summed E-state index contributed by atoms with van der Waals surface area (Å²) in [5, 5.41) is 2.74. The number of benzene rings is 2. The van der Waals surface area contributed by atoms with E-state index in [-0.39, 0.29) is 17.5 Å². The highest BCUT2D eigenvalue weighted by Gasteiger charge is 2.36. The van der Waals surface area contributed by atoms with E-state index in [0.29, 0.717) is 17.6 Å².